The molecule has 0 N–H and O–H groups in total. The van der Waals surface area contributed by atoms with Crippen molar-refractivity contribution in [2.75, 3.05) is 46.5 Å². The maximum Gasteiger partial charge on any atom is 0.127 e. The summed E-state index contributed by atoms with van der Waals surface area (Å²) >= 11 is 0. The normalized spacial score (nSPS) is 22.2. The quantitative estimate of drug-likeness (QED) is 0.814. The van der Waals surface area contributed by atoms with Crippen LogP contribution in [0, 0.1) is 0 Å². The second-order valence-corrected chi connectivity index (χ2v) is 7.72. The molecular weight excluding hydrogens is 324 g/mol. The molecule has 2 aliphatic rings. The summed E-state index contributed by atoms with van der Waals surface area (Å²) in [5, 5.41) is 0. The molecule has 2 saturated heterocycles. The molecule has 6 heteroatoms. The Balaban J connectivity index is 0.00000100. The average Bonchev–Trinajstić information content (AvgIpc) is 2.62. The molecule has 2 heterocycles. The minimum absolute atomic E-state index is 0.0117. The number of likely N-dealkylation sites (tertiary alicyclic amines) is 1. The van der Waals surface area contributed by atoms with Crippen LogP contribution in [0.3, 0.4) is 0 Å². The summed E-state index contributed by atoms with van der Waals surface area (Å²) < 4.78 is 25.2. The predicted octanol–water partition coefficient (Wildman–Crippen LogP) is 2.29. The number of morpholine rings is 1. The first-order chi connectivity index (χ1) is 11.6. The van der Waals surface area contributed by atoms with Crippen LogP contribution in [0.4, 0.5) is 0 Å². The van der Waals surface area contributed by atoms with E-state index in [4.69, 9.17) is 9.47 Å². The van der Waals surface area contributed by atoms with Crippen LogP contribution in [0.15, 0.2) is 29.2 Å². The number of rotatable bonds is 5. The Kier molecular flexibility index (Phi) is 7.37. The van der Waals surface area contributed by atoms with Gasteiger partial charge in [-0.3, -0.25) is 4.90 Å². The minimum Gasteiger partial charge on any atom is -0.379 e. The van der Waals surface area contributed by atoms with Gasteiger partial charge in [0.1, 0.15) is 11.0 Å². The highest BCUT2D eigenvalue weighted by molar-refractivity contribution is 7.82. The Bertz CT molecular complexity index is 524. The topological polar surface area (TPSA) is 42.0 Å². The van der Waals surface area contributed by atoms with E-state index in [1.54, 1.807) is 7.11 Å². The maximum absolute atomic E-state index is 12.5. The molecule has 1 atom stereocenters. The molecule has 2 aliphatic heterocycles. The van der Waals surface area contributed by atoms with Crippen molar-refractivity contribution in [2.24, 2.45) is 0 Å². The summed E-state index contributed by atoms with van der Waals surface area (Å²) in [7, 11) is 0.698. The Morgan fingerprint density at radius 1 is 1.17 bits per heavy atom. The van der Waals surface area contributed by atoms with Crippen molar-refractivity contribution in [1.29, 1.82) is 0 Å². The third-order valence-corrected chi connectivity index (χ3v) is 5.85. The van der Waals surface area contributed by atoms with Crippen molar-refractivity contribution >= 4 is 11.0 Å². The lowest BCUT2D eigenvalue weighted by Gasteiger charge is -2.47. The van der Waals surface area contributed by atoms with E-state index in [1.807, 2.05) is 30.3 Å². The van der Waals surface area contributed by atoms with Gasteiger partial charge in [0.2, 0.25) is 0 Å². The lowest BCUT2D eigenvalue weighted by Crippen LogP contribution is -2.60. The van der Waals surface area contributed by atoms with Gasteiger partial charge in [-0.15, -0.1) is 0 Å². The molecule has 5 nitrogen and oxygen atoms in total. The zero-order valence-electron chi connectivity index (χ0n) is 15.3. The summed E-state index contributed by atoms with van der Waals surface area (Å²) in [4.78, 5) is 3.23. The van der Waals surface area contributed by atoms with Crippen LogP contribution in [-0.2, 0) is 27.0 Å². The van der Waals surface area contributed by atoms with E-state index >= 15 is 0 Å². The molecule has 0 spiro atoms. The first kappa shape index (κ1) is 19.5. The number of methoxy groups -OCH3 is 1. The fourth-order valence-corrected chi connectivity index (χ4v) is 4.12. The Morgan fingerprint density at radius 3 is 2.29 bits per heavy atom. The van der Waals surface area contributed by atoms with E-state index < -0.39 is 11.0 Å². The van der Waals surface area contributed by atoms with Gasteiger partial charge in [0, 0.05) is 39.8 Å². The monoisotopic (exact) mass is 354 g/mol. The van der Waals surface area contributed by atoms with Gasteiger partial charge in [-0.25, -0.2) is 8.51 Å². The van der Waals surface area contributed by atoms with E-state index in [-0.39, 0.29) is 5.60 Å². The van der Waals surface area contributed by atoms with Gasteiger partial charge >= 0.3 is 0 Å². The highest BCUT2D eigenvalue weighted by atomic mass is 32.2. The number of hydrogen-bond acceptors (Lipinski definition) is 4. The van der Waals surface area contributed by atoms with Gasteiger partial charge in [-0.2, -0.15) is 0 Å². The molecular formula is C18H30N2O3S. The zero-order chi connectivity index (χ0) is 17.6. The smallest absolute Gasteiger partial charge is 0.127 e. The van der Waals surface area contributed by atoms with Crippen LogP contribution in [0.5, 0.6) is 0 Å². The van der Waals surface area contributed by atoms with E-state index in [1.165, 1.54) is 5.56 Å². The van der Waals surface area contributed by atoms with Gasteiger partial charge in [-0.05, 0) is 24.6 Å². The van der Waals surface area contributed by atoms with E-state index in [2.05, 4.69) is 24.0 Å². The molecule has 3 rings (SSSR count). The maximum atomic E-state index is 12.5. The molecule has 0 aromatic heterocycles. The molecule has 1 unspecified atom stereocenters. The number of nitrogens with zero attached hydrogens (tertiary/aromatic N) is 2. The lowest BCUT2D eigenvalue weighted by atomic mass is 9.96. The van der Waals surface area contributed by atoms with Gasteiger partial charge < -0.3 is 9.47 Å². The zero-order valence-corrected chi connectivity index (χ0v) is 16.1. The van der Waals surface area contributed by atoms with Crippen LogP contribution in [0.2, 0.25) is 0 Å². The molecule has 0 saturated carbocycles. The molecule has 0 radical (unpaired) electrons. The summed E-state index contributed by atoms with van der Waals surface area (Å²) in [6.07, 6.45) is 0. The van der Waals surface area contributed by atoms with Crippen molar-refractivity contribution in [3.63, 3.8) is 0 Å². The van der Waals surface area contributed by atoms with Crippen molar-refractivity contribution < 1.29 is 13.7 Å². The Hall–Kier alpha value is -0.790. The van der Waals surface area contributed by atoms with Crippen molar-refractivity contribution in [3.8, 4) is 0 Å². The molecule has 1 aromatic carbocycles. The molecule has 0 amide bonds. The molecule has 0 aliphatic carbocycles. The summed E-state index contributed by atoms with van der Waals surface area (Å²) in [5.74, 6) is 0. The number of ether oxygens (including phenoxy) is 2. The van der Waals surface area contributed by atoms with Gasteiger partial charge in [0.25, 0.3) is 0 Å². The van der Waals surface area contributed by atoms with Crippen molar-refractivity contribution in [1.82, 2.24) is 9.21 Å². The summed E-state index contributed by atoms with van der Waals surface area (Å²) in [6.45, 7) is 11.8. The molecule has 1 aromatic rings. The fraction of sp³-hybridized carbons (Fsp3) is 0.667. The first-order valence-electron chi connectivity index (χ1n) is 8.71. The van der Waals surface area contributed by atoms with Gasteiger partial charge in [0.15, 0.2) is 0 Å². The number of hydrogen-bond donors (Lipinski definition) is 0. The van der Waals surface area contributed by atoms with Crippen LogP contribution in [-0.4, -0.2) is 65.5 Å². The lowest BCUT2D eigenvalue weighted by molar-refractivity contribution is -0.114. The second kappa shape index (κ2) is 9.06. The first-order valence-corrected chi connectivity index (χ1v) is 9.81. The van der Waals surface area contributed by atoms with Crippen LogP contribution < -0.4 is 0 Å². The van der Waals surface area contributed by atoms with Crippen LogP contribution in [0.1, 0.15) is 26.3 Å². The average molecular weight is 355 g/mol. The van der Waals surface area contributed by atoms with Crippen molar-refractivity contribution in [2.45, 2.75) is 37.8 Å². The van der Waals surface area contributed by atoms with E-state index in [0.29, 0.717) is 13.2 Å². The Morgan fingerprint density at radius 2 is 1.75 bits per heavy atom. The standard InChI is InChI=1S/C16H24N2O3S.C2H6/c1-16(20-2)12-17(13-16)11-14-3-5-15(6-4-14)22(19)18-7-9-21-10-8-18;1-2/h3-6H,7-13H2,1-2H3;1-2H3. The summed E-state index contributed by atoms with van der Waals surface area (Å²) in [6, 6.07) is 8.12. The number of benzene rings is 1. The second-order valence-electron chi connectivity index (χ2n) is 6.23. The largest absolute Gasteiger partial charge is 0.379 e. The minimum atomic E-state index is -1.07. The third-order valence-electron chi connectivity index (χ3n) is 4.34. The van der Waals surface area contributed by atoms with Gasteiger partial charge in [0.05, 0.1) is 23.7 Å². The summed E-state index contributed by atoms with van der Waals surface area (Å²) in [5.41, 5.74) is 1.26. The molecule has 24 heavy (non-hydrogen) atoms. The van der Waals surface area contributed by atoms with Crippen LogP contribution in [0.25, 0.3) is 0 Å². The van der Waals surface area contributed by atoms with Crippen molar-refractivity contribution in [3.05, 3.63) is 29.8 Å². The third kappa shape index (κ3) is 4.86. The SMILES string of the molecule is CC.COC1(C)CN(Cc2ccc(S(=O)N3CCOCC3)cc2)C1. The molecule has 2 fully saturated rings. The van der Waals surface area contributed by atoms with E-state index in [9.17, 15) is 4.21 Å². The van der Waals surface area contributed by atoms with Gasteiger partial charge in [-0.1, -0.05) is 26.0 Å². The predicted molar refractivity (Wildman–Crippen MR) is 97.3 cm³/mol. The molecule has 0 bridgehead atoms. The van der Waals surface area contributed by atoms with E-state index in [0.717, 1.165) is 37.6 Å². The van der Waals surface area contributed by atoms with Crippen LogP contribution >= 0.6 is 0 Å². The highest BCUT2D eigenvalue weighted by Crippen LogP contribution is 2.25. The Labute approximate surface area is 148 Å². The highest BCUT2D eigenvalue weighted by Gasteiger charge is 2.38. The fourth-order valence-electron chi connectivity index (χ4n) is 2.97. The molecule has 136 valence electrons.